The van der Waals surface area contributed by atoms with Crippen molar-refractivity contribution in [1.29, 1.82) is 0 Å². The van der Waals surface area contributed by atoms with Crippen molar-refractivity contribution in [3.05, 3.63) is 34.6 Å². The lowest BCUT2D eigenvalue weighted by atomic mass is 9.79. The van der Waals surface area contributed by atoms with E-state index in [1.165, 1.54) is 25.3 Å². The van der Waals surface area contributed by atoms with Crippen molar-refractivity contribution >= 4 is 11.6 Å². The summed E-state index contributed by atoms with van der Waals surface area (Å²) in [5.41, 5.74) is 0.903. The van der Waals surface area contributed by atoms with Gasteiger partial charge >= 0.3 is 0 Å². The van der Waals surface area contributed by atoms with Gasteiger partial charge in [-0.25, -0.2) is 4.39 Å². The fourth-order valence-electron chi connectivity index (χ4n) is 2.42. The van der Waals surface area contributed by atoms with Crippen LogP contribution in [-0.2, 0) is 0 Å². The van der Waals surface area contributed by atoms with Gasteiger partial charge in [-0.2, -0.15) is 0 Å². The van der Waals surface area contributed by atoms with E-state index in [2.05, 4.69) is 12.2 Å². The number of halogens is 2. The minimum absolute atomic E-state index is 0.188. The molecule has 1 nitrogen and oxygen atoms in total. The van der Waals surface area contributed by atoms with Gasteiger partial charge in [0, 0.05) is 6.04 Å². The molecule has 1 atom stereocenters. The van der Waals surface area contributed by atoms with Gasteiger partial charge in [0.2, 0.25) is 0 Å². The number of hydrogen-bond acceptors (Lipinski definition) is 1. The molecule has 1 unspecified atom stereocenters. The Morgan fingerprint density at radius 3 is 2.82 bits per heavy atom. The summed E-state index contributed by atoms with van der Waals surface area (Å²) in [5.74, 6) is 0.457. The van der Waals surface area contributed by atoms with Gasteiger partial charge in [-0.1, -0.05) is 49.9 Å². The van der Waals surface area contributed by atoms with Crippen LogP contribution in [0.3, 0.4) is 0 Å². The highest BCUT2D eigenvalue weighted by Crippen LogP contribution is 2.36. The largest absolute Gasteiger partial charge is 0.310 e. The van der Waals surface area contributed by atoms with Gasteiger partial charge in [0.15, 0.2) is 0 Å². The number of hydrogen-bond donors (Lipinski definition) is 1. The third kappa shape index (κ3) is 2.99. The van der Waals surface area contributed by atoms with Crippen LogP contribution >= 0.6 is 11.6 Å². The third-order valence-corrected chi connectivity index (χ3v) is 4.00. The first kappa shape index (κ1) is 12.8. The zero-order valence-electron chi connectivity index (χ0n) is 10.2. The van der Waals surface area contributed by atoms with Crippen molar-refractivity contribution in [1.82, 2.24) is 5.32 Å². The Morgan fingerprint density at radius 2 is 2.24 bits per heavy atom. The smallest absolute Gasteiger partial charge is 0.142 e. The van der Waals surface area contributed by atoms with Gasteiger partial charge < -0.3 is 5.32 Å². The Balaban J connectivity index is 2.15. The summed E-state index contributed by atoms with van der Waals surface area (Å²) in [4.78, 5) is 0. The maximum Gasteiger partial charge on any atom is 0.142 e. The molecule has 1 saturated carbocycles. The van der Waals surface area contributed by atoms with Crippen molar-refractivity contribution in [3.8, 4) is 0 Å². The average Bonchev–Trinajstić information content (AvgIpc) is 2.26. The molecule has 0 saturated heterocycles. The lowest BCUT2D eigenvalue weighted by Gasteiger charge is -2.30. The number of rotatable bonds is 5. The summed E-state index contributed by atoms with van der Waals surface area (Å²) in [5, 5.41) is 3.69. The number of benzene rings is 1. The topological polar surface area (TPSA) is 12.0 Å². The first-order valence-corrected chi connectivity index (χ1v) is 6.77. The van der Waals surface area contributed by atoms with E-state index in [0.717, 1.165) is 24.4 Å². The zero-order chi connectivity index (χ0) is 12.3. The van der Waals surface area contributed by atoms with Crippen LogP contribution in [0.25, 0.3) is 0 Å². The van der Waals surface area contributed by atoms with Gasteiger partial charge in [0.1, 0.15) is 5.82 Å². The van der Waals surface area contributed by atoms with Crippen LogP contribution in [0.1, 0.15) is 44.2 Å². The van der Waals surface area contributed by atoms with Gasteiger partial charge in [-0.15, -0.1) is 0 Å². The highest BCUT2D eigenvalue weighted by molar-refractivity contribution is 6.31. The molecule has 0 radical (unpaired) electrons. The van der Waals surface area contributed by atoms with Crippen molar-refractivity contribution < 1.29 is 4.39 Å². The van der Waals surface area contributed by atoms with Crippen LogP contribution < -0.4 is 5.32 Å². The molecule has 0 aliphatic heterocycles. The van der Waals surface area contributed by atoms with Gasteiger partial charge in [-0.3, -0.25) is 0 Å². The molecular weight excluding hydrogens is 237 g/mol. The maximum atomic E-state index is 13.5. The highest BCUT2D eigenvalue weighted by Gasteiger charge is 2.24. The van der Waals surface area contributed by atoms with Gasteiger partial charge in [0.05, 0.1) is 5.02 Å². The normalized spacial score (nSPS) is 17.8. The van der Waals surface area contributed by atoms with Crippen LogP contribution in [0, 0.1) is 11.7 Å². The molecule has 2 rings (SSSR count). The van der Waals surface area contributed by atoms with E-state index >= 15 is 0 Å². The monoisotopic (exact) mass is 255 g/mol. The lowest BCUT2D eigenvalue weighted by Crippen LogP contribution is -2.26. The quantitative estimate of drug-likeness (QED) is 0.826. The maximum absolute atomic E-state index is 13.5. The highest BCUT2D eigenvalue weighted by atomic mass is 35.5. The fraction of sp³-hybridized carbons (Fsp3) is 0.571. The minimum Gasteiger partial charge on any atom is -0.310 e. The van der Waals surface area contributed by atoms with Crippen LogP contribution in [0.5, 0.6) is 0 Å². The molecule has 1 N–H and O–H groups in total. The molecule has 1 aromatic carbocycles. The summed E-state index contributed by atoms with van der Waals surface area (Å²) >= 11 is 6.05. The molecule has 0 spiro atoms. The lowest BCUT2D eigenvalue weighted by molar-refractivity contribution is 0.262. The van der Waals surface area contributed by atoms with Gasteiger partial charge in [-0.05, 0) is 30.5 Å². The van der Waals surface area contributed by atoms with E-state index in [4.69, 9.17) is 11.6 Å². The van der Waals surface area contributed by atoms with Crippen LogP contribution in [-0.4, -0.2) is 6.54 Å². The predicted molar refractivity (Wildman–Crippen MR) is 69.8 cm³/mol. The molecule has 94 valence electrons. The van der Waals surface area contributed by atoms with E-state index in [9.17, 15) is 4.39 Å². The Kier molecular flexibility index (Phi) is 4.41. The standard InChI is InChI=1S/C14H19ClFN/c1-2-17-13(9-10-5-3-6-10)11-7-4-8-12(16)14(11)15/h4,7-8,10,13,17H,2-3,5-6,9H2,1H3. The van der Waals surface area contributed by atoms with Crippen molar-refractivity contribution in [2.45, 2.75) is 38.6 Å². The molecular formula is C14H19ClFN. The molecule has 1 aliphatic carbocycles. The molecule has 3 heteroatoms. The molecule has 0 heterocycles. The van der Waals surface area contributed by atoms with Crippen molar-refractivity contribution in [2.75, 3.05) is 6.54 Å². The average molecular weight is 256 g/mol. The summed E-state index contributed by atoms with van der Waals surface area (Å²) in [6.07, 6.45) is 5.00. The van der Waals surface area contributed by atoms with Crippen LogP contribution in [0.15, 0.2) is 18.2 Å². The second kappa shape index (κ2) is 5.83. The molecule has 1 fully saturated rings. The summed E-state index contributed by atoms with van der Waals surface area (Å²) in [6, 6.07) is 5.27. The fourth-order valence-corrected chi connectivity index (χ4v) is 2.68. The second-order valence-corrected chi connectivity index (χ2v) is 5.16. The molecule has 17 heavy (non-hydrogen) atoms. The third-order valence-electron chi connectivity index (χ3n) is 3.60. The summed E-state index contributed by atoms with van der Waals surface area (Å²) in [6.45, 7) is 2.95. The molecule has 0 amide bonds. The Bertz CT molecular complexity index is 376. The molecule has 1 aromatic rings. The number of nitrogens with one attached hydrogen (secondary N) is 1. The predicted octanol–water partition coefficient (Wildman–Crippen LogP) is 4.32. The zero-order valence-corrected chi connectivity index (χ0v) is 10.9. The summed E-state index contributed by atoms with van der Waals surface area (Å²) in [7, 11) is 0. The van der Waals surface area contributed by atoms with E-state index in [0.29, 0.717) is 0 Å². The first-order chi connectivity index (χ1) is 8.22. The van der Waals surface area contributed by atoms with E-state index in [1.807, 2.05) is 6.07 Å². The molecule has 0 aromatic heterocycles. The molecule has 0 bridgehead atoms. The molecule has 1 aliphatic rings. The van der Waals surface area contributed by atoms with Crippen LogP contribution in [0.4, 0.5) is 4.39 Å². The van der Waals surface area contributed by atoms with E-state index in [-0.39, 0.29) is 16.9 Å². The first-order valence-electron chi connectivity index (χ1n) is 6.39. The summed E-state index contributed by atoms with van der Waals surface area (Å²) < 4.78 is 13.5. The van der Waals surface area contributed by atoms with Crippen molar-refractivity contribution in [2.24, 2.45) is 5.92 Å². The SMILES string of the molecule is CCNC(CC1CCC1)c1cccc(F)c1Cl. The minimum atomic E-state index is -0.319. The Hall–Kier alpha value is -0.600. The van der Waals surface area contributed by atoms with E-state index in [1.54, 1.807) is 6.07 Å². The van der Waals surface area contributed by atoms with E-state index < -0.39 is 0 Å². The van der Waals surface area contributed by atoms with Crippen LogP contribution in [0.2, 0.25) is 5.02 Å². The second-order valence-electron chi connectivity index (χ2n) is 4.79. The van der Waals surface area contributed by atoms with Gasteiger partial charge in [0.25, 0.3) is 0 Å². The van der Waals surface area contributed by atoms with Crippen molar-refractivity contribution in [3.63, 3.8) is 0 Å². The Morgan fingerprint density at radius 1 is 1.47 bits per heavy atom. The Labute approximate surface area is 107 Å².